The van der Waals surface area contributed by atoms with Crippen molar-refractivity contribution in [3.05, 3.63) is 71.3 Å². The maximum absolute atomic E-state index is 3.76. The van der Waals surface area contributed by atoms with Crippen LogP contribution in [-0.2, 0) is 10.8 Å². The first-order valence-electron chi connectivity index (χ1n) is 9.48. The predicted octanol–water partition coefficient (Wildman–Crippen LogP) is 6.92. The van der Waals surface area contributed by atoms with Gasteiger partial charge in [-0.2, -0.15) is 0 Å². The van der Waals surface area contributed by atoms with E-state index >= 15 is 0 Å². The molecular formula is C25H25N. The molecule has 0 spiro atoms. The summed E-state index contributed by atoms with van der Waals surface area (Å²) in [6.45, 7) is 11.6. The van der Waals surface area contributed by atoms with Crippen LogP contribution < -0.4 is 0 Å². The number of hydrogen-bond acceptors (Lipinski definition) is 0. The molecule has 5 rings (SSSR count). The second-order valence-corrected chi connectivity index (χ2v) is 9.22. The van der Waals surface area contributed by atoms with Gasteiger partial charge < -0.3 is 4.98 Å². The van der Waals surface area contributed by atoms with Gasteiger partial charge in [0.25, 0.3) is 0 Å². The standard InChI is InChI=1S/C25H25N/c1-24(2,3)16-11-13-20-18(14-16)22-23(26-20)21-17-9-7-6-8-15(17)10-12-19(21)25(22,4)5/h6-14,26H,1-5H3. The Labute approximate surface area is 155 Å². The number of benzene rings is 3. The Balaban J connectivity index is 1.91. The molecule has 26 heavy (non-hydrogen) atoms. The van der Waals surface area contributed by atoms with Crippen molar-refractivity contribution in [2.24, 2.45) is 0 Å². The third-order valence-corrected chi connectivity index (χ3v) is 6.14. The van der Waals surface area contributed by atoms with Gasteiger partial charge in [0.15, 0.2) is 0 Å². The van der Waals surface area contributed by atoms with Crippen LogP contribution in [0.1, 0.15) is 51.3 Å². The Bertz CT molecular complexity index is 1180. The third-order valence-electron chi connectivity index (χ3n) is 6.14. The van der Waals surface area contributed by atoms with Crippen molar-refractivity contribution in [2.75, 3.05) is 0 Å². The number of aromatic amines is 1. The molecule has 130 valence electrons. The number of aromatic nitrogens is 1. The van der Waals surface area contributed by atoms with Crippen molar-refractivity contribution in [3.63, 3.8) is 0 Å². The zero-order valence-electron chi connectivity index (χ0n) is 16.2. The van der Waals surface area contributed by atoms with E-state index in [-0.39, 0.29) is 10.8 Å². The lowest BCUT2D eigenvalue weighted by molar-refractivity contribution is 0.591. The molecule has 1 aliphatic rings. The lowest BCUT2D eigenvalue weighted by Crippen LogP contribution is -2.15. The number of fused-ring (bicyclic) bond motifs is 7. The van der Waals surface area contributed by atoms with Crippen LogP contribution in [0.5, 0.6) is 0 Å². The Hall–Kier alpha value is -2.54. The molecule has 1 heteroatoms. The zero-order chi connectivity index (χ0) is 18.3. The fourth-order valence-corrected chi connectivity index (χ4v) is 4.69. The van der Waals surface area contributed by atoms with Crippen LogP contribution in [0.2, 0.25) is 0 Å². The van der Waals surface area contributed by atoms with E-state index in [0.717, 1.165) is 0 Å². The van der Waals surface area contributed by atoms with Gasteiger partial charge in [-0.1, -0.05) is 77.1 Å². The summed E-state index contributed by atoms with van der Waals surface area (Å²) in [7, 11) is 0. The molecule has 0 aliphatic heterocycles. The highest BCUT2D eigenvalue weighted by atomic mass is 14.8. The summed E-state index contributed by atoms with van der Waals surface area (Å²) in [5, 5.41) is 4.03. The molecule has 0 atom stereocenters. The van der Waals surface area contributed by atoms with Crippen molar-refractivity contribution in [2.45, 2.75) is 45.4 Å². The molecule has 1 aromatic heterocycles. The highest BCUT2D eigenvalue weighted by molar-refractivity contribution is 6.06. The molecule has 0 radical (unpaired) electrons. The minimum absolute atomic E-state index is 0.00343. The maximum atomic E-state index is 3.76. The van der Waals surface area contributed by atoms with Gasteiger partial charge in [-0.25, -0.2) is 0 Å². The summed E-state index contributed by atoms with van der Waals surface area (Å²) in [6, 6.07) is 20.3. The lowest BCUT2D eigenvalue weighted by atomic mass is 9.80. The monoisotopic (exact) mass is 339 g/mol. The lowest BCUT2D eigenvalue weighted by Gasteiger charge is -2.23. The number of H-pyrrole nitrogens is 1. The zero-order valence-corrected chi connectivity index (χ0v) is 16.2. The number of rotatable bonds is 0. The topological polar surface area (TPSA) is 15.8 Å². The highest BCUT2D eigenvalue weighted by Gasteiger charge is 2.39. The molecule has 1 aliphatic carbocycles. The summed E-state index contributed by atoms with van der Waals surface area (Å²) in [5.41, 5.74) is 8.37. The van der Waals surface area contributed by atoms with E-state index < -0.39 is 0 Å². The van der Waals surface area contributed by atoms with Crippen molar-refractivity contribution in [1.82, 2.24) is 4.98 Å². The van der Waals surface area contributed by atoms with Gasteiger partial charge >= 0.3 is 0 Å². The van der Waals surface area contributed by atoms with E-state index in [1.807, 2.05) is 0 Å². The Morgan fingerprint density at radius 1 is 0.846 bits per heavy atom. The van der Waals surface area contributed by atoms with Crippen LogP contribution in [-0.4, -0.2) is 4.98 Å². The van der Waals surface area contributed by atoms with Crippen LogP contribution in [0, 0.1) is 0 Å². The first kappa shape index (κ1) is 15.7. The summed E-state index contributed by atoms with van der Waals surface area (Å²) >= 11 is 0. The van der Waals surface area contributed by atoms with Gasteiger partial charge in [-0.3, -0.25) is 0 Å². The van der Waals surface area contributed by atoms with Crippen LogP contribution in [0.25, 0.3) is 32.9 Å². The molecule has 1 heterocycles. The Kier molecular flexibility index (Phi) is 2.89. The minimum Gasteiger partial charge on any atom is -0.354 e. The second-order valence-electron chi connectivity index (χ2n) is 9.22. The van der Waals surface area contributed by atoms with Gasteiger partial charge in [0.05, 0.1) is 5.69 Å². The molecule has 0 fully saturated rings. The molecule has 0 saturated heterocycles. The van der Waals surface area contributed by atoms with E-state index in [1.54, 1.807) is 0 Å². The van der Waals surface area contributed by atoms with Crippen LogP contribution in [0.3, 0.4) is 0 Å². The largest absolute Gasteiger partial charge is 0.354 e. The maximum Gasteiger partial charge on any atom is 0.0515 e. The Morgan fingerprint density at radius 2 is 1.62 bits per heavy atom. The first-order valence-corrected chi connectivity index (χ1v) is 9.48. The highest BCUT2D eigenvalue weighted by Crippen LogP contribution is 2.53. The van der Waals surface area contributed by atoms with E-state index in [0.29, 0.717) is 0 Å². The normalized spacial score (nSPS) is 15.4. The smallest absolute Gasteiger partial charge is 0.0515 e. The van der Waals surface area contributed by atoms with E-state index in [2.05, 4.69) is 94.2 Å². The molecule has 0 bridgehead atoms. The molecule has 4 aromatic rings. The molecule has 0 saturated carbocycles. The van der Waals surface area contributed by atoms with Gasteiger partial charge in [-0.15, -0.1) is 0 Å². The number of nitrogens with one attached hydrogen (secondary N) is 1. The molecule has 0 unspecified atom stereocenters. The van der Waals surface area contributed by atoms with Crippen molar-refractivity contribution < 1.29 is 0 Å². The molecule has 1 N–H and O–H groups in total. The molecule has 0 amide bonds. The number of hydrogen-bond donors (Lipinski definition) is 1. The fraction of sp³-hybridized carbons (Fsp3) is 0.280. The SMILES string of the molecule is CC(C)(C)c1ccc2[nH]c3c(c2c1)C(C)(C)c1ccc2ccccc2c1-3. The molecular weight excluding hydrogens is 314 g/mol. The van der Waals surface area contributed by atoms with Crippen molar-refractivity contribution in [3.8, 4) is 11.3 Å². The van der Waals surface area contributed by atoms with Gasteiger partial charge in [0.1, 0.15) is 0 Å². The molecule has 1 nitrogen and oxygen atoms in total. The quantitative estimate of drug-likeness (QED) is 0.358. The van der Waals surface area contributed by atoms with Crippen LogP contribution in [0.15, 0.2) is 54.6 Å². The van der Waals surface area contributed by atoms with Gasteiger partial charge in [-0.05, 0) is 45.0 Å². The van der Waals surface area contributed by atoms with E-state index in [1.165, 1.54) is 49.6 Å². The van der Waals surface area contributed by atoms with Crippen molar-refractivity contribution in [1.29, 1.82) is 0 Å². The van der Waals surface area contributed by atoms with Gasteiger partial charge in [0.2, 0.25) is 0 Å². The van der Waals surface area contributed by atoms with Crippen LogP contribution in [0.4, 0.5) is 0 Å². The average Bonchev–Trinajstić information content (AvgIpc) is 3.08. The average molecular weight is 339 g/mol. The third kappa shape index (κ3) is 1.92. The molecule has 3 aromatic carbocycles. The summed E-state index contributed by atoms with van der Waals surface area (Å²) in [6.07, 6.45) is 0. The second kappa shape index (κ2) is 4.79. The van der Waals surface area contributed by atoms with Gasteiger partial charge in [0, 0.05) is 21.9 Å². The van der Waals surface area contributed by atoms with Crippen LogP contribution >= 0.6 is 0 Å². The summed E-state index contributed by atoms with van der Waals surface area (Å²) in [4.78, 5) is 3.76. The minimum atomic E-state index is 0.00343. The van der Waals surface area contributed by atoms with Crippen molar-refractivity contribution >= 4 is 21.7 Å². The predicted molar refractivity (Wildman–Crippen MR) is 112 cm³/mol. The first-order chi connectivity index (χ1) is 12.3. The summed E-state index contributed by atoms with van der Waals surface area (Å²) < 4.78 is 0. The fourth-order valence-electron chi connectivity index (χ4n) is 4.69. The van der Waals surface area contributed by atoms with E-state index in [4.69, 9.17) is 0 Å². The van der Waals surface area contributed by atoms with E-state index in [9.17, 15) is 0 Å². The Morgan fingerprint density at radius 3 is 2.38 bits per heavy atom. The summed E-state index contributed by atoms with van der Waals surface area (Å²) in [5.74, 6) is 0.